The standard InChI is InChI=1S/C38H78N2O2/c1-3-5-7-9-11-13-15-17-19-21-23-25-27-31-35-40(37(38(41)42)33-29-30-34-39)36-32-28-26-24-22-20-18-16-14-12-10-8-6-4-2/h37H,3-36,39H2,1-2H3,(H,41,42)/t37-/m0/s1. The van der Waals surface area contributed by atoms with Crippen LogP contribution in [0.2, 0.25) is 0 Å². The van der Waals surface area contributed by atoms with Crippen molar-refractivity contribution in [2.45, 2.75) is 219 Å². The van der Waals surface area contributed by atoms with Crippen LogP contribution in [0.1, 0.15) is 213 Å². The molecule has 0 aromatic heterocycles. The fraction of sp³-hybridized carbons (Fsp3) is 0.974. The Morgan fingerprint density at radius 1 is 0.476 bits per heavy atom. The van der Waals surface area contributed by atoms with Crippen LogP contribution in [0.25, 0.3) is 0 Å². The number of carbonyl (C=O) groups is 1. The van der Waals surface area contributed by atoms with Crippen LogP contribution >= 0.6 is 0 Å². The summed E-state index contributed by atoms with van der Waals surface area (Å²) >= 11 is 0. The van der Waals surface area contributed by atoms with Crippen molar-refractivity contribution < 1.29 is 9.90 Å². The second-order valence-electron chi connectivity index (χ2n) is 13.4. The van der Waals surface area contributed by atoms with Crippen LogP contribution in [0, 0.1) is 0 Å². The van der Waals surface area contributed by atoms with Crippen molar-refractivity contribution in [3.8, 4) is 0 Å². The Labute approximate surface area is 264 Å². The van der Waals surface area contributed by atoms with Crippen molar-refractivity contribution in [3.63, 3.8) is 0 Å². The molecule has 0 heterocycles. The highest BCUT2D eigenvalue weighted by Crippen LogP contribution is 2.17. The lowest BCUT2D eigenvalue weighted by molar-refractivity contribution is -0.143. The van der Waals surface area contributed by atoms with Crippen LogP contribution in [0.15, 0.2) is 0 Å². The third-order valence-corrected chi connectivity index (χ3v) is 9.26. The number of unbranched alkanes of at least 4 members (excludes halogenated alkanes) is 27. The van der Waals surface area contributed by atoms with Gasteiger partial charge < -0.3 is 10.8 Å². The maximum absolute atomic E-state index is 12.2. The van der Waals surface area contributed by atoms with Crippen LogP contribution in [-0.4, -0.2) is 41.7 Å². The number of rotatable bonds is 36. The molecule has 3 N–H and O–H groups in total. The van der Waals surface area contributed by atoms with Gasteiger partial charge in [-0.2, -0.15) is 0 Å². The van der Waals surface area contributed by atoms with E-state index >= 15 is 0 Å². The van der Waals surface area contributed by atoms with E-state index in [0.29, 0.717) is 6.54 Å². The van der Waals surface area contributed by atoms with Gasteiger partial charge in [0.1, 0.15) is 6.04 Å². The van der Waals surface area contributed by atoms with E-state index in [1.807, 2.05) is 0 Å². The summed E-state index contributed by atoms with van der Waals surface area (Å²) in [5.74, 6) is -0.636. The Morgan fingerprint density at radius 2 is 0.762 bits per heavy atom. The summed E-state index contributed by atoms with van der Waals surface area (Å²) in [5.41, 5.74) is 5.69. The fourth-order valence-electron chi connectivity index (χ4n) is 6.39. The summed E-state index contributed by atoms with van der Waals surface area (Å²) in [4.78, 5) is 14.5. The van der Waals surface area contributed by atoms with Crippen LogP contribution in [0.5, 0.6) is 0 Å². The molecule has 0 spiro atoms. The molecule has 0 unspecified atom stereocenters. The van der Waals surface area contributed by atoms with Gasteiger partial charge in [0.15, 0.2) is 0 Å². The van der Waals surface area contributed by atoms with Crippen molar-refractivity contribution in [2.75, 3.05) is 19.6 Å². The first-order chi connectivity index (χ1) is 20.7. The molecular weight excluding hydrogens is 516 g/mol. The topological polar surface area (TPSA) is 66.6 Å². The quantitative estimate of drug-likeness (QED) is 0.0708. The Hall–Kier alpha value is -0.610. The molecule has 0 radical (unpaired) electrons. The monoisotopic (exact) mass is 595 g/mol. The molecule has 0 amide bonds. The zero-order valence-electron chi connectivity index (χ0n) is 29.0. The maximum Gasteiger partial charge on any atom is 0.320 e. The molecular formula is C38H78N2O2. The summed E-state index contributed by atoms with van der Waals surface area (Å²) in [6, 6.07) is -0.333. The molecule has 1 atom stereocenters. The van der Waals surface area contributed by atoms with E-state index in [0.717, 1.165) is 45.2 Å². The molecule has 0 aromatic carbocycles. The molecule has 4 heteroatoms. The summed E-state index contributed by atoms with van der Waals surface area (Å²) in [5, 5.41) is 10.0. The average molecular weight is 595 g/mol. The predicted octanol–water partition coefficient (Wildman–Crippen LogP) is 11.8. The van der Waals surface area contributed by atoms with Gasteiger partial charge in [-0.15, -0.1) is 0 Å². The van der Waals surface area contributed by atoms with Crippen LogP contribution in [0.4, 0.5) is 0 Å². The molecule has 0 rings (SSSR count). The van der Waals surface area contributed by atoms with Crippen molar-refractivity contribution in [3.05, 3.63) is 0 Å². The minimum atomic E-state index is -0.636. The Morgan fingerprint density at radius 3 is 1.02 bits per heavy atom. The summed E-state index contributed by atoms with van der Waals surface area (Å²) < 4.78 is 0. The summed E-state index contributed by atoms with van der Waals surface area (Å²) in [6.45, 7) is 7.11. The van der Waals surface area contributed by atoms with E-state index in [9.17, 15) is 9.90 Å². The van der Waals surface area contributed by atoms with E-state index < -0.39 is 5.97 Å². The Kier molecular flexibility index (Phi) is 34.4. The first-order valence-corrected chi connectivity index (χ1v) is 19.3. The number of nitrogens with two attached hydrogens (primary N) is 1. The maximum atomic E-state index is 12.2. The molecule has 0 saturated heterocycles. The van der Waals surface area contributed by atoms with Crippen molar-refractivity contribution in [2.24, 2.45) is 5.73 Å². The first-order valence-electron chi connectivity index (χ1n) is 19.3. The molecule has 0 fully saturated rings. The molecule has 252 valence electrons. The SMILES string of the molecule is CCCCCCCCCCCCCCCCN(CCCCCCCCCCCCCCCC)[C@@H](CCCCN)C(=O)O. The number of nitrogens with zero attached hydrogens (tertiary/aromatic N) is 1. The zero-order chi connectivity index (χ0) is 30.8. The van der Waals surface area contributed by atoms with E-state index in [1.165, 1.54) is 167 Å². The van der Waals surface area contributed by atoms with Gasteiger partial charge in [-0.25, -0.2) is 0 Å². The van der Waals surface area contributed by atoms with Crippen LogP contribution in [0.3, 0.4) is 0 Å². The molecule has 0 saturated carbocycles. The normalized spacial score (nSPS) is 12.4. The molecule has 42 heavy (non-hydrogen) atoms. The second-order valence-corrected chi connectivity index (χ2v) is 13.4. The van der Waals surface area contributed by atoms with E-state index in [-0.39, 0.29) is 6.04 Å². The lowest BCUT2D eigenvalue weighted by Crippen LogP contribution is -2.42. The first kappa shape index (κ1) is 41.4. The molecule has 0 bridgehead atoms. The van der Waals surface area contributed by atoms with Gasteiger partial charge in [0.05, 0.1) is 0 Å². The highest BCUT2D eigenvalue weighted by molar-refractivity contribution is 5.73. The van der Waals surface area contributed by atoms with Gasteiger partial charge in [0, 0.05) is 0 Å². The van der Waals surface area contributed by atoms with Crippen LogP contribution in [-0.2, 0) is 4.79 Å². The highest BCUT2D eigenvalue weighted by atomic mass is 16.4. The molecule has 0 aliphatic carbocycles. The van der Waals surface area contributed by atoms with Crippen molar-refractivity contribution in [1.29, 1.82) is 0 Å². The van der Waals surface area contributed by atoms with Crippen molar-refractivity contribution in [1.82, 2.24) is 4.90 Å². The Bertz CT molecular complexity index is 495. The fourth-order valence-corrected chi connectivity index (χ4v) is 6.39. The molecule has 0 aliphatic heterocycles. The summed E-state index contributed by atoms with van der Waals surface area (Å²) in [7, 11) is 0. The third kappa shape index (κ3) is 29.5. The molecule has 0 aromatic rings. The largest absolute Gasteiger partial charge is 0.480 e. The van der Waals surface area contributed by atoms with Gasteiger partial charge in [-0.05, 0) is 45.3 Å². The minimum absolute atomic E-state index is 0.333. The summed E-state index contributed by atoms with van der Waals surface area (Å²) in [6.07, 6.45) is 40.7. The lowest BCUT2D eigenvalue weighted by Gasteiger charge is -2.29. The number of carboxylic acid groups (broad SMARTS) is 1. The van der Waals surface area contributed by atoms with E-state index in [1.54, 1.807) is 0 Å². The van der Waals surface area contributed by atoms with Gasteiger partial charge in [0.25, 0.3) is 0 Å². The van der Waals surface area contributed by atoms with Gasteiger partial charge in [0.2, 0.25) is 0 Å². The smallest absolute Gasteiger partial charge is 0.320 e. The van der Waals surface area contributed by atoms with Crippen molar-refractivity contribution >= 4 is 5.97 Å². The second kappa shape index (κ2) is 34.9. The number of hydrogen-bond donors (Lipinski definition) is 2. The lowest BCUT2D eigenvalue weighted by atomic mass is 10.0. The minimum Gasteiger partial charge on any atom is -0.480 e. The number of carboxylic acids is 1. The van der Waals surface area contributed by atoms with E-state index in [4.69, 9.17) is 5.73 Å². The van der Waals surface area contributed by atoms with Gasteiger partial charge in [-0.1, -0.05) is 187 Å². The zero-order valence-corrected chi connectivity index (χ0v) is 29.0. The molecule has 4 nitrogen and oxygen atoms in total. The van der Waals surface area contributed by atoms with Gasteiger partial charge >= 0.3 is 5.97 Å². The van der Waals surface area contributed by atoms with Gasteiger partial charge in [-0.3, -0.25) is 9.69 Å². The number of hydrogen-bond acceptors (Lipinski definition) is 3. The Balaban J connectivity index is 4.03. The molecule has 0 aliphatic rings. The van der Waals surface area contributed by atoms with E-state index in [2.05, 4.69) is 18.7 Å². The third-order valence-electron chi connectivity index (χ3n) is 9.26. The predicted molar refractivity (Wildman–Crippen MR) is 187 cm³/mol. The number of aliphatic carboxylic acids is 1. The van der Waals surface area contributed by atoms with Crippen LogP contribution < -0.4 is 5.73 Å². The average Bonchev–Trinajstić information content (AvgIpc) is 2.98. The highest BCUT2D eigenvalue weighted by Gasteiger charge is 2.24.